The van der Waals surface area contributed by atoms with E-state index in [1.165, 1.54) is 49.8 Å². The number of benzene rings is 8. The van der Waals surface area contributed by atoms with Crippen LogP contribution in [-0.4, -0.2) is 0 Å². The van der Waals surface area contributed by atoms with Crippen molar-refractivity contribution in [3.05, 3.63) is 175 Å². The molecule has 1 aliphatic carbocycles. The first-order valence-electron chi connectivity index (χ1n) is 17.0. The van der Waals surface area contributed by atoms with E-state index in [0.29, 0.717) is 0 Å². The zero-order chi connectivity index (χ0) is 32.7. The highest BCUT2D eigenvalue weighted by Crippen LogP contribution is 2.55. The highest BCUT2D eigenvalue weighted by molar-refractivity contribution is 6.18. The van der Waals surface area contributed by atoms with Gasteiger partial charge in [0.15, 0.2) is 0 Å². The number of anilines is 3. The van der Waals surface area contributed by atoms with E-state index < -0.39 is 0 Å². The summed E-state index contributed by atoms with van der Waals surface area (Å²) in [6, 6.07) is 59.5. The molecule has 1 aromatic heterocycles. The Morgan fingerprint density at radius 2 is 1.14 bits per heavy atom. The molecule has 0 spiro atoms. The topological polar surface area (TPSA) is 16.4 Å². The normalized spacial score (nSPS) is 13.3. The lowest BCUT2D eigenvalue weighted by molar-refractivity contribution is 0.660. The molecular formula is C47H33NO. The molecule has 0 saturated heterocycles. The predicted octanol–water partition coefficient (Wildman–Crippen LogP) is 13.3. The molecule has 1 aliphatic rings. The molecular weight excluding hydrogens is 595 g/mol. The quantitative estimate of drug-likeness (QED) is 0.193. The van der Waals surface area contributed by atoms with Gasteiger partial charge in [0, 0.05) is 38.2 Å². The Morgan fingerprint density at radius 1 is 0.469 bits per heavy atom. The lowest BCUT2D eigenvalue weighted by Gasteiger charge is -2.30. The molecule has 0 atom stereocenters. The van der Waals surface area contributed by atoms with Crippen molar-refractivity contribution in [3.63, 3.8) is 0 Å². The Balaban J connectivity index is 1.25. The fourth-order valence-corrected chi connectivity index (χ4v) is 8.24. The summed E-state index contributed by atoms with van der Waals surface area (Å²) >= 11 is 0. The van der Waals surface area contributed by atoms with Crippen LogP contribution in [0.5, 0.6) is 0 Å². The Labute approximate surface area is 285 Å². The van der Waals surface area contributed by atoms with Gasteiger partial charge in [-0.15, -0.1) is 0 Å². The molecule has 1 heterocycles. The number of nitrogens with zero attached hydrogens (tertiary/aromatic N) is 1. The van der Waals surface area contributed by atoms with Gasteiger partial charge >= 0.3 is 0 Å². The smallest absolute Gasteiger partial charge is 0.143 e. The third-order valence-corrected chi connectivity index (χ3v) is 10.6. The summed E-state index contributed by atoms with van der Waals surface area (Å²) in [4.78, 5) is 2.47. The number of hydrogen-bond acceptors (Lipinski definition) is 2. The number of para-hydroxylation sites is 1. The van der Waals surface area contributed by atoms with Crippen LogP contribution in [0, 0.1) is 0 Å². The van der Waals surface area contributed by atoms with Gasteiger partial charge in [-0.2, -0.15) is 0 Å². The van der Waals surface area contributed by atoms with Gasteiger partial charge < -0.3 is 9.32 Å². The molecule has 0 aliphatic heterocycles. The molecule has 0 saturated carbocycles. The van der Waals surface area contributed by atoms with Crippen molar-refractivity contribution in [3.8, 4) is 22.3 Å². The highest BCUT2D eigenvalue weighted by Gasteiger charge is 2.37. The minimum absolute atomic E-state index is 0.111. The van der Waals surface area contributed by atoms with E-state index in [2.05, 4.69) is 176 Å². The average Bonchev–Trinajstić information content (AvgIpc) is 3.65. The molecule has 2 nitrogen and oxygen atoms in total. The number of furan rings is 1. The maximum absolute atomic E-state index is 6.55. The van der Waals surface area contributed by atoms with E-state index in [4.69, 9.17) is 4.42 Å². The summed E-state index contributed by atoms with van der Waals surface area (Å²) < 4.78 is 6.55. The molecule has 8 aromatic carbocycles. The summed E-state index contributed by atoms with van der Waals surface area (Å²) in [7, 11) is 0. The van der Waals surface area contributed by atoms with E-state index in [9.17, 15) is 0 Å². The van der Waals surface area contributed by atoms with Gasteiger partial charge in [0.05, 0.1) is 11.4 Å². The van der Waals surface area contributed by atoms with Crippen LogP contribution >= 0.6 is 0 Å². The molecule has 0 bridgehead atoms. The third kappa shape index (κ3) is 4.14. The zero-order valence-electron chi connectivity index (χ0n) is 27.4. The molecule has 2 heteroatoms. The predicted molar refractivity (Wildman–Crippen MR) is 206 cm³/mol. The van der Waals surface area contributed by atoms with Crippen LogP contribution in [0.2, 0.25) is 0 Å². The van der Waals surface area contributed by atoms with Crippen LogP contribution in [0.1, 0.15) is 25.0 Å². The van der Waals surface area contributed by atoms with Gasteiger partial charge in [0.1, 0.15) is 11.2 Å². The summed E-state index contributed by atoms with van der Waals surface area (Å²) in [5, 5.41) is 7.03. The fraction of sp³-hybridized carbons (Fsp3) is 0.0638. The minimum Gasteiger partial charge on any atom is -0.455 e. The summed E-state index contributed by atoms with van der Waals surface area (Å²) in [5.41, 5.74) is 12.8. The molecule has 9 aromatic rings. The van der Waals surface area contributed by atoms with E-state index in [0.717, 1.165) is 44.1 Å². The highest BCUT2D eigenvalue weighted by atomic mass is 16.3. The average molecular weight is 628 g/mol. The second-order valence-electron chi connectivity index (χ2n) is 13.7. The van der Waals surface area contributed by atoms with Gasteiger partial charge in [0.2, 0.25) is 0 Å². The van der Waals surface area contributed by atoms with Crippen molar-refractivity contribution in [2.75, 3.05) is 4.90 Å². The second kappa shape index (κ2) is 10.4. The number of rotatable bonds is 4. The molecule has 49 heavy (non-hydrogen) atoms. The van der Waals surface area contributed by atoms with Crippen molar-refractivity contribution in [2.24, 2.45) is 0 Å². The van der Waals surface area contributed by atoms with Crippen LogP contribution in [0.15, 0.2) is 168 Å². The van der Waals surface area contributed by atoms with Gasteiger partial charge in [0.25, 0.3) is 0 Å². The van der Waals surface area contributed by atoms with E-state index in [-0.39, 0.29) is 5.41 Å². The lowest BCUT2D eigenvalue weighted by Crippen LogP contribution is -2.16. The molecule has 0 unspecified atom stereocenters. The first kappa shape index (κ1) is 27.9. The summed E-state index contributed by atoms with van der Waals surface area (Å²) in [6.07, 6.45) is 0. The van der Waals surface area contributed by atoms with E-state index in [1.54, 1.807) is 0 Å². The molecule has 0 fully saturated rings. The monoisotopic (exact) mass is 627 g/mol. The van der Waals surface area contributed by atoms with Crippen LogP contribution in [0.25, 0.3) is 65.7 Å². The third-order valence-electron chi connectivity index (χ3n) is 10.6. The van der Waals surface area contributed by atoms with Crippen molar-refractivity contribution in [1.29, 1.82) is 0 Å². The Morgan fingerprint density at radius 3 is 2.08 bits per heavy atom. The summed E-state index contributed by atoms with van der Waals surface area (Å²) in [5.74, 6) is 0. The maximum atomic E-state index is 6.55. The molecule has 0 N–H and O–H groups in total. The maximum Gasteiger partial charge on any atom is 0.143 e. The van der Waals surface area contributed by atoms with Gasteiger partial charge in [-0.3, -0.25) is 0 Å². The van der Waals surface area contributed by atoms with Crippen molar-refractivity contribution in [2.45, 2.75) is 19.3 Å². The zero-order valence-corrected chi connectivity index (χ0v) is 27.4. The number of fused-ring (bicyclic) bond motifs is 9. The standard InChI is InChI=1S/C47H33NO/c1-47(2)40-19-7-5-17-39(40)45-41(47)20-11-22-43(45)48(34-15-9-14-32(29-34)33-25-24-30-12-3-4-13-31(30)28-33)42-21-10-18-37-35(42)26-27-38-36-16-6-8-23-44(36)49-46(37)38/h3-29H,1-2H3. The Kier molecular flexibility index (Phi) is 5.95. The molecule has 0 amide bonds. The molecule has 0 radical (unpaired) electrons. The van der Waals surface area contributed by atoms with Crippen molar-refractivity contribution < 1.29 is 4.42 Å². The van der Waals surface area contributed by atoms with Crippen LogP contribution < -0.4 is 4.90 Å². The van der Waals surface area contributed by atoms with Crippen LogP contribution in [-0.2, 0) is 5.41 Å². The molecule has 10 rings (SSSR count). The first-order valence-corrected chi connectivity index (χ1v) is 17.0. The molecule has 232 valence electrons. The second-order valence-corrected chi connectivity index (χ2v) is 13.7. The van der Waals surface area contributed by atoms with Crippen LogP contribution in [0.3, 0.4) is 0 Å². The first-order chi connectivity index (χ1) is 24.1. The van der Waals surface area contributed by atoms with Crippen molar-refractivity contribution >= 4 is 60.5 Å². The van der Waals surface area contributed by atoms with Gasteiger partial charge in [-0.05, 0) is 81.1 Å². The van der Waals surface area contributed by atoms with Gasteiger partial charge in [-0.25, -0.2) is 0 Å². The Bertz CT molecular complexity index is 2770. The van der Waals surface area contributed by atoms with Crippen LogP contribution in [0.4, 0.5) is 17.1 Å². The SMILES string of the molecule is CC1(C)c2ccccc2-c2c(N(c3cccc(-c4ccc5ccccc5c4)c3)c3cccc4c3ccc3c5ccccc5oc43)cccc21. The summed E-state index contributed by atoms with van der Waals surface area (Å²) in [6.45, 7) is 4.70. The van der Waals surface area contributed by atoms with E-state index in [1.807, 2.05) is 6.07 Å². The lowest BCUT2D eigenvalue weighted by atomic mass is 9.82. The Hall–Kier alpha value is -6.12. The largest absolute Gasteiger partial charge is 0.455 e. The fourth-order valence-electron chi connectivity index (χ4n) is 8.24. The minimum atomic E-state index is -0.111. The van der Waals surface area contributed by atoms with E-state index >= 15 is 0 Å². The van der Waals surface area contributed by atoms with Crippen molar-refractivity contribution in [1.82, 2.24) is 0 Å². The van der Waals surface area contributed by atoms with Gasteiger partial charge in [-0.1, -0.05) is 135 Å². The number of hydrogen-bond donors (Lipinski definition) is 0.